The van der Waals surface area contributed by atoms with E-state index in [9.17, 15) is 4.39 Å². The van der Waals surface area contributed by atoms with Crippen LogP contribution in [-0.4, -0.2) is 33.8 Å². The third-order valence-corrected chi connectivity index (χ3v) is 3.75. The number of hydrogen-bond donors (Lipinski definition) is 1. The van der Waals surface area contributed by atoms with E-state index >= 15 is 0 Å². The molecule has 1 heterocycles. The van der Waals surface area contributed by atoms with Gasteiger partial charge in [0.2, 0.25) is 5.16 Å². The molecule has 0 unspecified atom stereocenters. The number of tetrazole rings is 1. The van der Waals surface area contributed by atoms with Crippen LogP contribution in [-0.2, 0) is 12.3 Å². The van der Waals surface area contributed by atoms with Crippen molar-refractivity contribution in [2.75, 3.05) is 13.6 Å². The fourth-order valence-corrected chi connectivity index (χ4v) is 2.56. The van der Waals surface area contributed by atoms with Crippen LogP contribution >= 0.6 is 11.8 Å². The molecular formula is C12H16FN5S. The van der Waals surface area contributed by atoms with Crippen LogP contribution in [0.4, 0.5) is 4.39 Å². The minimum atomic E-state index is -0.212. The van der Waals surface area contributed by atoms with E-state index in [2.05, 4.69) is 20.8 Å². The highest BCUT2D eigenvalue weighted by molar-refractivity contribution is 7.98. The zero-order valence-corrected chi connectivity index (χ0v) is 11.7. The smallest absolute Gasteiger partial charge is 0.209 e. The van der Waals surface area contributed by atoms with E-state index in [0.29, 0.717) is 12.3 Å². The van der Waals surface area contributed by atoms with Crippen molar-refractivity contribution in [1.29, 1.82) is 0 Å². The molecule has 5 nitrogen and oxygen atoms in total. The first kappa shape index (κ1) is 14.0. The molecule has 0 aliphatic carbocycles. The number of nitrogens with one attached hydrogen (secondary N) is 1. The maximum absolute atomic E-state index is 13.2. The van der Waals surface area contributed by atoms with Crippen molar-refractivity contribution in [2.24, 2.45) is 0 Å². The molecule has 1 aromatic carbocycles. The van der Waals surface area contributed by atoms with Crippen LogP contribution < -0.4 is 5.32 Å². The number of aryl methyl sites for hydroxylation is 1. The van der Waals surface area contributed by atoms with E-state index in [0.717, 1.165) is 22.8 Å². The van der Waals surface area contributed by atoms with Crippen molar-refractivity contribution in [3.8, 4) is 0 Å². The molecule has 0 atom stereocenters. The Balaban J connectivity index is 2.02. The molecule has 0 aliphatic heterocycles. The average molecular weight is 281 g/mol. The molecule has 0 aliphatic rings. The summed E-state index contributed by atoms with van der Waals surface area (Å²) in [4.78, 5) is 0. The fraction of sp³-hybridized carbons (Fsp3) is 0.417. The summed E-state index contributed by atoms with van der Waals surface area (Å²) in [5.74, 6) is 0.444. The predicted octanol–water partition coefficient (Wildman–Crippen LogP) is 1.63. The second-order valence-corrected chi connectivity index (χ2v) is 5.09. The summed E-state index contributed by atoms with van der Waals surface area (Å²) in [6, 6.07) is 4.82. The minimum Gasteiger partial charge on any atom is -0.318 e. The number of aromatic nitrogens is 4. The molecule has 102 valence electrons. The summed E-state index contributed by atoms with van der Waals surface area (Å²) in [5, 5.41) is 15.4. The van der Waals surface area contributed by atoms with Gasteiger partial charge in [-0.3, -0.25) is 0 Å². The zero-order chi connectivity index (χ0) is 13.7. The Labute approximate surface area is 115 Å². The number of rotatable bonds is 6. The topological polar surface area (TPSA) is 55.6 Å². The van der Waals surface area contributed by atoms with Crippen LogP contribution in [0.3, 0.4) is 0 Å². The molecule has 0 bridgehead atoms. The number of nitrogens with zero attached hydrogens (tertiary/aromatic N) is 4. The van der Waals surface area contributed by atoms with Crippen molar-refractivity contribution in [2.45, 2.75) is 24.4 Å². The Morgan fingerprint density at radius 1 is 1.42 bits per heavy atom. The molecule has 2 rings (SSSR count). The summed E-state index contributed by atoms with van der Waals surface area (Å²) in [7, 11) is 1.88. The van der Waals surface area contributed by atoms with Gasteiger partial charge in [-0.15, -0.1) is 5.10 Å². The maximum atomic E-state index is 13.2. The van der Waals surface area contributed by atoms with E-state index in [-0.39, 0.29) is 5.82 Å². The van der Waals surface area contributed by atoms with Crippen molar-refractivity contribution in [3.63, 3.8) is 0 Å². The van der Waals surface area contributed by atoms with Crippen molar-refractivity contribution in [1.82, 2.24) is 25.5 Å². The standard InChI is InChI=1S/C12H16FN5S/c1-9-3-4-11(13)7-10(9)8-19-12-15-16-17-18(12)6-5-14-2/h3-4,7,14H,5-6,8H2,1-2H3. The number of halogens is 1. The van der Waals surface area contributed by atoms with Crippen LogP contribution in [0.15, 0.2) is 23.4 Å². The Morgan fingerprint density at radius 2 is 2.26 bits per heavy atom. The van der Waals surface area contributed by atoms with Crippen molar-refractivity contribution >= 4 is 11.8 Å². The minimum absolute atomic E-state index is 0.212. The molecule has 0 amide bonds. The van der Waals surface area contributed by atoms with Gasteiger partial charge < -0.3 is 5.32 Å². The number of benzene rings is 1. The van der Waals surface area contributed by atoms with Crippen molar-refractivity contribution in [3.05, 3.63) is 35.1 Å². The molecule has 19 heavy (non-hydrogen) atoms. The van der Waals surface area contributed by atoms with Gasteiger partial charge in [-0.1, -0.05) is 17.8 Å². The zero-order valence-electron chi connectivity index (χ0n) is 10.9. The van der Waals surface area contributed by atoms with Gasteiger partial charge >= 0.3 is 0 Å². The fourth-order valence-electron chi connectivity index (χ4n) is 1.60. The first-order chi connectivity index (χ1) is 9.20. The SMILES string of the molecule is CNCCn1nnnc1SCc1cc(F)ccc1C. The van der Waals surface area contributed by atoms with Crippen molar-refractivity contribution < 1.29 is 4.39 Å². The third-order valence-electron chi connectivity index (χ3n) is 2.74. The van der Waals surface area contributed by atoms with E-state index in [1.807, 2.05) is 14.0 Å². The molecule has 1 N–H and O–H groups in total. The van der Waals surface area contributed by atoms with Gasteiger partial charge in [-0.05, 0) is 47.7 Å². The highest BCUT2D eigenvalue weighted by atomic mass is 32.2. The van der Waals surface area contributed by atoms with Gasteiger partial charge in [-0.25, -0.2) is 9.07 Å². The number of likely N-dealkylation sites (N-methyl/N-ethyl adjacent to an activating group) is 1. The van der Waals surface area contributed by atoms with Crippen LogP contribution in [0.1, 0.15) is 11.1 Å². The van der Waals surface area contributed by atoms with Crippen LogP contribution in [0, 0.1) is 12.7 Å². The van der Waals surface area contributed by atoms with Gasteiger partial charge in [0.15, 0.2) is 0 Å². The van der Waals surface area contributed by atoms with E-state index < -0.39 is 0 Å². The largest absolute Gasteiger partial charge is 0.318 e. The maximum Gasteiger partial charge on any atom is 0.209 e. The lowest BCUT2D eigenvalue weighted by atomic mass is 10.1. The van der Waals surface area contributed by atoms with Crippen LogP contribution in [0.25, 0.3) is 0 Å². The molecule has 0 fully saturated rings. The second-order valence-electron chi connectivity index (χ2n) is 4.15. The highest BCUT2D eigenvalue weighted by Crippen LogP contribution is 2.22. The number of hydrogen-bond acceptors (Lipinski definition) is 5. The first-order valence-electron chi connectivity index (χ1n) is 5.99. The average Bonchev–Trinajstić information content (AvgIpc) is 2.85. The lowest BCUT2D eigenvalue weighted by Gasteiger charge is -2.06. The van der Waals surface area contributed by atoms with Gasteiger partial charge in [-0.2, -0.15) is 0 Å². The molecule has 0 radical (unpaired) electrons. The summed E-state index contributed by atoms with van der Waals surface area (Å²) in [6.07, 6.45) is 0. The summed E-state index contributed by atoms with van der Waals surface area (Å²) < 4.78 is 14.9. The van der Waals surface area contributed by atoms with Crippen LogP contribution in [0.2, 0.25) is 0 Å². The molecular weight excluding hydrogens is 265 g/mol. The third kappa shape index (κ3) is 3.74. The Hall–Kier alpha value is -1.47. The highest BCUT2D eigenvalue weighted by Gasteiger charge is 2.08. The summed E-state index contributed by atoms with van der Waals surface area (Å²) in [6.45, 7) is 3.49. The van der Waals surface area contributed by atoms with Gasteiger partial charge in [0.05, 0.1) is 6.54 Å². The molecule has 1 aromatic heterocycles. The van der Waals surface area contributed by atoms with Crippen LogP contribution in [0.5, 0.6) is 0 Å². The molecule has 7 heteroatoms. The summed E-state index contributed by atoms with van der Waals surface area (Å²) in [5.41, 5.74) is 2.04. The van der Waals surface area contributed by atoms with E-state index in [4.69, 9.17) is 0 Å². The van der Waals surface area contributed by atoms with E-state index in [1.165, 1.54) is 17.8 Å². The lowest BCUT2D eigenvalue weighted by Crippen LogP contribution is -2.16. The monoisotopic (exact) mass is 281 g/mol. The Kier molecular flexibility index (Phi) is 4.86. The quantitative estimate of drug-likeness (QED) is 0.816. The van der Waals surface area contributed by atoms with Gasteiger partial charge in [0.1, 0.15) is 5.82 Å². The van der Waals surface area contributed by atoms with E-state index in [1.54, 1.807) is 16.8 Å². The second kappa shape index (κ2) is 6.63. The Bertz CT molecular complexity index is 543. The first-order valence-corrected chi connectivity index (χ1v) is 6.98. The number of thioether (sulfide) groups is 1. The van der Waals surface area contributed by atoms with Gasteiger partial charge in [0.25, 0.3) is 0 Å². The molecule has 0 saturated carbocycles. The molecule has 0 saturated heterocycles. The molecule has 0 spiro atoms. The predicted molar refractivity (Wildman–Crippen MR) is 72.4 cm³/mol. The summed E-state index contributed by atoms with van der Waals surface area (Å²) >= 11 is 1.51. The van der Waals surface area contributed by atoms with Gasteiger partial charge in [0, 0.05) is 12.3 Å². The molecule has 2 aromatic rings. The Morgan fingerprint density at radius 3 is 3.05 bits per heavy atom. The normalized spacial score (nSPS) is 10.9. The lowest BCUT2D eigenvalue weighted by molar-refractivity contribution is 0.530.